The van der Waals surface area contributed by atoms with Gasteiger partial charge >= 0.3 is 0 Å². The van der Waals surface area contributed by atoms with Crippen molar-refractivity contribution in [3.05, 3.63) is 35.9 Å². The number of nitrogens with zero attached hydrogens (tertiary/aromatic N) is 3. The summed E-state index contributed by atoms with van der Waals surface area (Å²) in [6, 6.07) is 9.87. The molecule has 2 saturated heterocycles. The van der Waals surface area contributed by atoms with Crippen molar-refractivity contribution in [2.45, 2.75) is 40.2 Å². The zero-order chi connectivity index (χ0) is 22.4. The van der Waals surface area contributed by atoms with Gasteiger partial charge in [-0.2, -0.15) is 0 Å². The maximum Gasteiger partial charge on any atom is 0.234 e. The van der Waals surface area contributed by atoms with Gasteiger partial charge in [0.25, 0.3) is 0 Å². The second kappa shape index (κ2) is 10.3. The number of carbonyl (C=O) groups is 3. The smallest absolute Gasteiger partial charge is 0.234 e. The monoisotopic (exact) mass is 428 g/mol. The lowest BCUT2D eigenvalue weighted by molar-refractivity contribution is -0.145. The van der Waals surface area contributed by atoms with Crippen molar-refractivity contribution in [2.75, 3.05) is 45.8 Å². The van der Waals surface area contributed by atoms with Gasteiger partial charge in [0.1, 0.15) is 0 Å². The zero-order valence-corrected chi connectivity index (χ0v) is 19.1. The number of piperazine rings is 1. The molecule has 0 bridgehead atoms. The first-order valence-electron chi connectivity index (χ1n) is 11.3. The summed E-state index contributed by atoms with van der Waals surface area (Å²) in [5.74, 6) is 0.387. The molecule has 170 valence electrons. The fourth-order valence-electron chi connectivity index (χ4n) is 4.24. The molecule has 0 aliphatic carbocycles. The molecule has 3 amide bonds. The van der Waals surface area contributed by atoms with E-state index in [9.17, 15) is 14.4 Å². The minimum absolute atomic E-state index is 0.00439. The van der Waals surface area contributed by atoms with Crippen LogP contribution in [0.2, 0.25) is 0 Å². The molecule has 2 aliphatic rings. The molecule has 0 atom stereocenters. The summed E-state index contributed by atoms with van der Waals surface area (Å²) < 4.78 is 0. The first kappa shape index (κ1) is 23.3. The van der Waals surface area contributed by atoms with Crippen molar-refractivity contribution >= 4 is 17.7 Å². The number of amides is 3. The van der Waals surface area contributed by atoms with Crippen molar-refractivity contribution in [1.29, 1.82) is 0 Å². The van der Waals surface area contributed by atoms with Crippen molar-refractivity contribution in [3.8, 4) is 0 Å². The summed E-state index contributed by atoms with van der Waals surface area (Å²) in [5.41, 5.74) is 0.710. The summed E-state index contributed by atoms with van der Waals surface area (Å²) in [6.07, 6.45) is 1.48. The number of hydrogen-bond donors (Lipinski definition) is 1. The number of likely N-dealkylation sites (tertiary alicyclic amines) is 1. The van der Waals surface area contributed by atoms with E-state index in [2.05, 4.69) is 10.2 Å². The molecule has 0 aromatic heterocycles. The average molecular weight is 429 g/mol. The minimum atomic E-state index is -0.374. The predicted octanol–water partition coefficient (Wildman–Crippen LogP) is 1.73. The van der Waals surface area contributed by atoms with E-state index in [1.165, 1.54) is 0 Å². The second-order valence-corrected chi connectivity index (χ2v) is 9.68. The molecular formula is C24H36N4O3. The molecule has 1 aromatic rings. The van der Waals surface area contributed by atoms with Gasteiger partial charge in [-0.15, -0.1) is 0 Å². The van der Waals surface area contributed by atoms with Crippen LogP contribution in [0, 0.1) is 11.3 Å². The molecule has 2 aliphatic heterocycles. The molecule has 1 N–H and O–H groups in total. The number of benzene rings is 1. The molecule has 1 aromatic carbocycles. The van der Waals surface area contributed by atoms with Crippen LogP contribution in [0.5, 0.6) is 0 Å². The normalized spacial score (nSPS) is 18.7. The number of rotatable bonds is 5. The molecule has 0 radical (unpaired) electrons. The fraction of sp³-hybridized carbons (Fsp3) is 0.625. The zero-order valence-electron chi connectivity index (χ0n) is 19.1. The minimum Gasteiger partial charge on any atom is -0.351 e. The molecule has 0 unspecified atom stereocenters. The standard InChI is InChI=1S/C24H36N4O3/c1-24(2,3)23(31)28-11-9-20(10-12-28)22(30)27-15-13-26(14-16-27)18-21(29)25-17-19-7-5-4-6-8-19/h4-8,20H,9-18H2,1-3H3,(H,25,29). The summed E-state index contributed by atoms with van der Waals surface area (Å²) in [6.45, 7) is 10.8. The van der Waals surface area contributed by atoms with Gasteiger partial charge in [-0.05, 0) is 18.4 Å². The van der Waals surface area contributed by atoms with Crippen LogP contribution in [0.4, 0.5) is 0 Å². The van der Waals surface area contributed by atoms with Gasteiger partial charge in [0.05, 0.1) is 6.54 Å². The van der Waals surface area contributed by atoms with Crippen LogP contribution >= 0.6 is 0 Å². The highest BCUT2D eigenvalue weighted by molar-refractivity contribution is 5.83. The number of piperidine rings is 1. The highest BCUT2D eigenvalue weighted by Crippen LogP contribution is 2.25. The third kappa shape index (κ3) is 6.53. The SMILES string of the molecule is CC(C)(C)C(=O)N1CCC(C(=O)N2CCN(CC(=O)NCc3ccccc3)CC2)CC1. The summed E-state index contributed by atoms with van der Waals surface area (Å²) in [4.78, 5) is 43.6. The molecule has 7 nitrogen and oxygen atoms in total. The first-order valence-corrected chi connectivity index (χ1v) is 11.3. The van der Waals surface area contributed by atoms with Gasteiger partial charge in [0, 0.05) is 57.1 Å². The lowest BCUT2D eigenvalue weighted by atomic mass is 9.90. The van der Waals surface area contributed by atoms with Crippen molar-refractivity contribution in [3.63, 3.8) is 0 Å². The van der Waals surface area contributed by atoms with E-state index < -0.39 is 0 Å². The molecule has 2 fully saturated rings. The molecule has 2 heterocycles. The summed E-state index contributed by atoms with van der Waals surface area (Å²) >= 11 is 0. The Labute approximate surface area is 185 Å². The summed E-state index contributed by atoms with van der Waals surface area (Å²) in [7, 11) is 0. The van der Waals surface area contributed by atoms with Gasteiger partial charge in [-0.25, -0.2) is 0 Å². The van der Waals surface area contributed by atoms with Crippen molar-refractivity contribution in [2.24, 2.45) is 11.3 Å². The van der Waals surface area contributed by atoms with Crippen LogP contribution in [0.15, 0.2) is 30.3 Å². The Morgan fingerprint density at radius 2 is 1.52 bits per heavy atom. The Kier molecular flexibility index (Phi) is 7.70. The largest absolute Gasteiger partial charge is 0.351 e. The highest BCUT2D eigenvalue weighted by Gasteiger charge is 2.34. The van der Waals surface area contributed by atoms with Gasteiger partial charge in [0.2, 0.25) is 17.7 Å². The van der Waals surface area contributed by atoms with E-state index >= 15 is 0 Å². The van der Waals surface area contributed by atoms with Gasteiger partial charge in [-0.1, -0.05) is 51.1 Å². The van der Waals surface area contributed by atoms with E-state index in [0.717, 1.165) is 18.4 Å². The van der Waals surface area contributed by atoms with Crippen molar-refractivity contribution < 1.29 is 14.4 Å². The van der Waals surface area contributed by atoms with Crippen LogP contribution in [0.3, 0.4) is 0 Å². The lowest BCUT2D eigenvalue weighted by Gasteiger charge is -2.39. The molecule has 3 rings (SSSR count). The van der Waals surface area contributed by atoms with Gasteiger partial charge in [0.15, 0.2) is 0 Å². The van der Waals surface area contributed by atoms with E-state index in [0.29, 0.717) is 52.4 Å². The van der Waals surface area contributed by atoms with Gasteiger partial charge < -0.3 is 15.1 Å². The molecule has 0 spiro atoms. The second-order valence-electron chi connectivity index (χ2n) is 9.68. The quantitative estimate of drug-likeness (QED) is 0.775. The molecule has 0 saturated carbocycles. The third-order valence-electron chi connectivity index (χ3n) is 6.16. The Morgan fingerprint density at radius 1 is 0.903 bits per heavy atom. The summed E-state index contributed by atoms with van der Waals surface area (Å²) in [5, 5.41) is 2.96. The van der Waals surface area contributed by atoms with Crippen LogP contribution in [-0.4, -0.2) is 78.2 Å². The Hall–Kier alpha value is -2.41. The van der Waals surface area contributed by atoms with Crippen LogP contribution in [0.1, 0.15) is 39.2 Å². The van der Waals surface area contributed by atoms with Crippen LogP contribution in [0.25, 0.3) is 0 Å². The van der Waals surface area contributed by atoms with E-state index in [1.54, 1.807) is 0 Å². The average Bonchev–Trinajstić information content (AvgIpc) is 2.77. The molecular weight excluding hydrogens is 392 g/mol. The Bertz CT molecular complexity index is 759. The third-order valence-corrected chi connectivity index (χ3v) is 6.16. The first-order chi connectivity index (χ1) is 14.7. The number of hydrogen-bond acceptors (Lipinski definition) is 4. The maximum absolute atomic E-state index is 12.9. The number of carbonyl (C=O) groups excluding carboxylic acids is 3. The van der Waals surface area contributed by atoms with Gasteiger partial charge in [-0.3, -0.25) is 19.3 Å². The molecule has 31 heavy (non-hydrogen) atoms. The van der Waals surface area contributed by atoms with Crippen LogP contribution in [-0.2, 0) is 20.9 Å². The lowest BCUT2D eigenvalue weighted by Crippen LogP contribution is -2.53. The fourth-order valence-corrected chi connectivity index (χ4v) is 4.24. The Morgan fingerprint density at radius 3 is 2.10 bits per heavy atom. The Balaban J connectivity index is 1.37. The van der Waals surface area contributed by atoms with E-state index in [4.69, 9.17) is 0 Å². The van der Waals surface area contributed by atoms with E-state index in [-0.39, 0.29) is 29.1 Å². The molecule has 7 heteroatoms. The van der Waals surface area contributed by atoms with Crippen LogP contribution < -0.4 is 5.32 Å². The van der Waals surface area contributed by atoms with Crippen molar-refractivity contribution in [1.82, 2.24) is 20.0 Å². The maximum atomic E-state index is 12.9. The predicted molar refractivity (Wildman–Crippen MR) is 120 cm³/mol. The van der Waals surface area contributed by atoms with E-state index in [1.807, 2.05) is 60.9 Å². The number of nitrogens with one attached hydrogen (secondary N) is 1. The topological polar surface area (TPSA) is 73.0 Å². The highest BCUT2D eigenvalue weighted by atomic mass is 16.2.